The highest BCUT2D eigenvalue weighted by atomic mass is 16.5. The van der Waals surface area contributed by atoms with Crippen LogP contribution in [0.15, 0.2) is 72.8 Å². The third kappa shape index (κ3) is 4.98. The monoisotopic (exact) mass is 374 g/mol. The first-order chi connectivity index (χ1) is 13.5. The van der Waals surface area contributed by atoms with Gasteiger partial charge in [0.2, 0.25) is 5.91 Å². The van der Waals surface area contributed by atoms with E-state index in [1.165, 1.54) is 6.92 Å². The Balaban J connectivity index is 1.71. The number of methoxy groups -OCH3 is 1. The first-order valence-electron chi connectivity index (χ1n) is 8.95. The van der Waals surface area contributed by atoms with E-state index in [1.807, 2.05) is 54.6 Å². The average molecular weight is 374 g/mol. The van der Waals surface area contributed by atoms with Crippen LogP contribution in [0.25, 0.3) is 0 Å². The Bertz CT molecular complexity index is 984. The standard InChI is InChI=1S/C23H22N2O3/c1-16(26)17-11-12-22(28-2)18(13-17)14-23(27)25-21-10-6-9-20(15-21)24-19-7-4-3-5-8-19/h3-13,15,24H,14H2,1-2H3,(H,25,27). The largest absolute Gasteiger partial charge is 0.496 e. The summed E-state index contributed by atoms with van der Waals surface area (Å²) in [7, 11) is 1.54. The summed E-state index contributed by atoms with van der Waals surface area (Å²) >= 11 is 0. The van der Waals surface area contributed by atoms with Gasteiger partial charge in [0.15, 0.2) is 5.78 Å². The number of hydrogen-bond donors (Lipinski definition) is 2. The van der Waals surface area contributed by atoms with E-state index in [-0.39, 0.29) is 18.1 Å². The Labute approximate surface area is 164 Å². The second kappa shape index (κ2) is 8.86. The first-order valence-corrected chi connectivity index (χ1v) is 8.95. The van der Waals surface area contributed by atoms with Gasteiger partial charge in [0.05, 0.1) is 13.5 Å². The number of nitrogens with one attached hydrogen (secondary N) is 2. The van der Waals surface area contributed by atoms with Crippen LogP contribution in [0.3, 0.4) is 0 Å². The van der Waals surface area contributed by atoms with Gasteiger partial charge in [-0.25, -0.2) is 0 Å². The molecular weight excluding hydrogens is 352 g/mol. The third-order valence-corrected chi connectivity index (χ3v) is 4.25. The predicted octanol–water partition coefficient (Wildman–Crippen LogP) is 4.82. The van der Waals surface area contributed by atoms with Crippen LogP contribution in [0, 0.1) is 0 Å². The molecule has 1 amide bonds. The molecule has 3 aromatic rings. The number of benzene rings is 3. The molecule has 5 heteroatoms. The predicted molar refractivity (Wildman–Crippen MR) is 111 cm³/mol. The summed E-state index contributed by atoms with van der Waals surface area (Å²) in [6, 6.07) is 22.4. The summed E-state index contributed by atoms with van der Waals surface area (Å²) in [5, 5.41) is 6.19. The minimum Gasteiger partial charge on any atom is -0.496 e. The van der Waals surface area contributed by atoms with Crippen LogP contribution in [-0.2, 0) is 11.2 Å². The average Bonchev–Trinajstić information content (AvgIpc) is 2.69. The zero-order valence-corrected chi connectivity index (χ0v) is 15.9. The van der Waals surface area contributed by atoms with Crippen molar-refractivity contribution in [1.29, 1.82) is 0 Å². The van der Waals surface area contributed by atoms with Gasteiger partial charge in [-0.3, -0.25) is 9.59 Å². The van der Waals surface area contributed by atoms with Crippen LogP contribution >= 0.6 is 0 Å². The van der Waals surface area contributed by atoms with Crippen LogP contribution < -0.4 is 15.4 Å². The SMILES string of the molecule is COc1ccc(C(C)=O)cc1CC(=O)Nc1cccc(Nc2ccccc2)c1. The molecule has 3 rings (SSSR count). The fraction of sp³-hybridized carbons (Fsp3) is 0.130. The van der Waals surface area contributed by atoms with Crippen molar-refractivity contribution in [3.05, 3.63) is 83.9 Å². The molecule has 0 atom stereocenters. The summed E-state index contributed by atoms with van der Waals surface area (Å²) in [5.41, 5.74) is 3.76. The number of rotatable bonds is 7. The Kier molecular flexibility index (Phi) is 6.07. The second-order valence-corrected chi connectivity index (χ2v) is 6.38. The zero-order chi connectivity index (χ0) is 19.9. The zero-order valence-electron chi connectivity index (χ0n) is 15.9. The smallest absolute Gasteiger partial charge is 0.228 e. The lowest BCUT2D eigenvalue weighted by Crippen LogP contribution is -2.15. The number of anilines is 3. The number of ether oxygens (including phenoxy) is 1. The van der Waals surface area contributed by atoms with Gasteiger partial charge in [-0.15, -0.1) is 0 Å². The molecule has 0 saturated carbocycles. The van der Waals surface area contributed by atoms with Gasteiger partial charge >= 0.3 is 0 Å². The molecule has 0 fully saturated rings. The summed E-state index contributed by atoms with van der Waals surface area (Å²) < 4.78 is 5.32. The highest BCUT2D eigenvalue weighted by molar-refractivity contribution is 5.96. The van der Waals surface area contributed by atoms with E-state index in [2.05, 4.69) is 10.6 Å². The van der Waals surface area contributed by atoms with E-state index < -0.39 is 0 Å². The molecule has 0 aromatic heterocycles. The lowest BCUT2D eigenvalue weighted by atomic mass is 10.0. The van der Waals surface area contributed by atoms with Crippen molar-refractivity contribution in [3.63, 3.8) is 0 Å². The highest BCUT2D eigenvalue weighted by Gasteiger charge is 2.12. The van der Waals surface area contributed by atoms with Gasteiger partial charge in [0.1, 0.15) is 5.75 Å². The molecule has 0 heterocycles. The van der Waals surface area contributed by atoms with Crippen LogP contribution in [0.5, 0.6) is 5.75 Å². The van der Waals surface area contributed by atoms with Gasteiger partial charge < -0.3 is 15.4 Å². The topological polar surface area (TPSA) is 67.4 Å². The van der Waals surface area contributed by atoms with E-state index in [0.717, 1.165) is 11.4 Å². The molecule has 28 heavy (non-hydrogen) atoms. The van der Waals surface area contributed by atoms with Crippen molar-refractivity contribution in [2.75, 3.05) is 17.7 Å². The highest BCUT2D eigenvalue weighted by Crippen LogP contribution is 2.23. The van der Waals surface area contributed by atoms with E-state index in [0.29, 0.717) is 22.6 Å². The van der Waals surface area contributed by atoms with Crippen LogP contribution in [0.2, 0.25) is 0 Å². The molecule has 5 nitrogen and oxygen atoms in total. The van der Waals surface area contributed by atoms with Gasteiger partial charge in [0, 0.05) is 28.2 Å². The van der Waals surface area contributed by atoms with Crippen molar-refractivity contribution >= 4 is 28.8 Å². The molecular formula is C23H22N2O3. The summed E-state index contributed by atoms with van der Waals surface area (Å²) in [6.45, 7) is 1.50. The lowest BCUT2D eigenvalue weighted by molar-refractivity contribution is -0.115. The Morgan fingerprint density at radius 3 is 2.29 bits per heavy atom. The van der Waals surface area contributed by atoms with Crippen molar-refractivity contribution in [1.82, 2.24) is 0 Å². The third-order valence-electron chi connectivity index (χ3n) is 4.25. The lowest BCUT2D eigenvalue weighted by Gasteiger charge is -2.12. The molecule has 0 spiro atoms. The van der Waals surface area contributed by atoms with E-state index in [1.54, 1.807) is 25.3 Å². The van der Waals surface area contributed by atoms with Gasteiger partial charge in [0.25, 0.3) is 0 Å². The molecule has 0 aliphatic carbocycles. The quantitative estimate of drug-likeness (QED) is 0.582. The molecule has 0 unspecified atom stereocenters. The number of ketones is 1. The van der Waals surface area contributed by atoms with Gasteiger partial charge in [-0.2, -0.15) is 0 Å². The Morgan fingerprint density at radius 1 is 0.857 bits per heavy atom. The number of amides is 1. The molecule has 0 saturated heterocycles. The van der Waals surface area contributed by atoms with Crippen molar-refractivity contribution < 1.29 is 14.3 Å². The number of Topliss-reactive ketones (excluding diaryl/α,β-unsaturated/α-hetero) is 1. The van der Waals surface area contributed by atoms with Crippen LogP contribution in [-0.4, -0.2) is 18.8 Å². The molecule has 0 aliphatic heterocycles. The summed E-state index contributed by atoms with van der Waals surface area (Å²) in [4.78, 5) is 24.1. The molecule has 0 bridgehead atoms. The molecule has 3 aromatic carbocycles. The maximum atomic E-state index is 12.5. The molecule has 0 radical (unpaired) electrons. The van der Waals surface area contributed by atoms with E-state index in [4.69, 9.17) is 4.74 Å². The van der Waals surface area contributed by atoms with Crippen LogP contribution in [0.4, 0.5) is 17.1 Å². The molecule has 142 valence electrons. The normalized spacial score (nSPS) is 10.2. The molecule has 2 N–H and O–H groups in total. The summed E-state index contributed by atoms with van der Waals surface area (Å²) in [6.07, 6.45) is 0.112. The van der Waals surface area contributed by atoms with Crippen LogP contribution in [0.1, 0.15) is 22.8 Å². The minimum atomic E-state index is -0.184. The van der Waals surface area contributed by atoms with E-state index >= 15 is 0 Å². The van der Waals surface area contributed by atoms with Gasteiger partial charge in [-0.1, -0.05) is 24.3 Å². The van der Waals surface area contributed by atoms with Crippen molar-refractivity contribution in [2.24, 2.45) is 0 Å². The Morgan fingerprint density at radius 2 is 1.57 bits per heavy atom. The fourth-order valence-electron chi connectivity index (χ4n) is 2.88. The first kappa shape index (κ1) is 19.2. The van der Waals surface area contributed by atoms with Crippen molar-refractivity contribution in [3.8, 4) is 5.75 Å². The maximum absolute atomic E-state index is 12.5. The minimum absolute atomic E-state index is 0.0519. The number of carbonyl (C=O) groups is 2. The maximum Gasteiger partial charge on any atom is 0.228 e. The van der Waals surface area contributed by atoms with E-state index in [9.17, 15) is 9.59 Å². The number of hydrogen-bond acceptors (Lipinski definition) is 4. The summed E-state index contributed by atoms with van der Waals surface area (Å²) in [5.74, 6) is 0.347. The second-order valence-electron chi connectivity index (χ2n) is 6.38. The fourth-order valence-corrected chi connectivity index (χ4v) is 2.88. The molecule has 0 aliphatic rings. The van der Waals surface area contributed by atoms with Crippen molar-refractivity contribution in [2.45, 2.75) is 13.3 Å². The number of para-hydroxylation sites is 1. The Hall–Kier alpha value is -3.60. The van der Waals surface area contributed by atoms with Gasteiger partial charge in [-0.05, 0) is 55.5 Å². The number of carbonyl (C=O) groups excluding carboxylic acids is 2.